The van der Waals surface area contributed by atoms with Gasteiger partial charge in [0.2, 0.25) is 0 Å². The van der Waals surface area contributed by atoms with Crippen LogP contribution in [0.1, 0.15) is 58.1 Å². The van der Waals surface area contributed by atoms with Gasteiger partial charge in [0.05, 0.1) is 0 Å². The second-order valence-corrected chi connectivity index (χ2v) is 7.43. The molecule has 1 aliphatic rings. The van der Waals surface area contributed by atoms with E-state index in [2.05, 4.69) is 35.1 Å². The van der Waals surface area contributed by atoms with Crippen molar-refractivity contribution in [2.24, 2.45) is 5.41 Å². The first-order valence-electron chi connectivity index (χ1n) is 7.08. The van der Waals surface area contributed by atoms with E-state index in [1.54, 1.807) is 6.07 Å². The van der Waals surface area contributed by atoms with Crippen LogP contribution in [0.2, 0.25) is 0 Å². The van der Waals surface area contributed by atoms with Gasteiger partial charge in [-0.2, -0.15) is 0 Å². The number of rotatable bonds is 3. The van der Waals surface area contributed by atoms with Crippen molar-refractivity contribution >= 4 is 15.9 Å². The summed E-state index contributed by atoms with van der Waals surface area (Å²) in [5.74, 6) is -0.127. The lowest BCUT2D eigenvalue weighted by molar-refractivity contribution is 0.190. The van der Waals surface area contributed by atoms with Crippen LogP contribution in [0.4, 0.5) is 4.39 Å². The molecule has 1 aromatic rings. The lowest BCUT2D eigenvalue weighted by Gasteiger charge is -2.37. The van der Waals surface area contributed by atoms with Crippen LogP contribution in [0.5, 0.6) is 0 Å². The fourth-order valence-corrected chi connectivity index (χ4v) is 3.51. The van der Waals surface area contributed by atoms with Crippen LogP contribution < -0.4 is 5.32 Å². The van der Waals surface area contributed by atoms with E-state index in [1.807, 2.05) is 13.0 Å². The fourth-order valence-electron chi connectivity index (χ4n) is 3.13. The van der Waals surface area contributed by atoms with E-state index >= 15 is 0 Å². The molecule has 2 unspecified atom stereocenters. The number of nitrogens with one attached hydrogen (secondary N) is 1. The smallest absolute Gasteiger partial charge is 0.128 e. The Morgan fingerprint density at radius 3 is 2.84 bits per heavy atom. The molecule has 19 heavy (non-hydrogen) atoms. The molecule has 0 aliphatic heterocycles. The average Bonchev–Trinajstić information content (AvgIpc) is 2.31. The molecule has 0 radical (unpaired) electrons. The van der Waals surface area contributed by atoms with Gasteiger partial charge >= 0.3 is 0 Å². The molecule has 1 N–H and O–H groups in total. The maximum Gasteiger partial charge on any atom is 0.128 e. The van der Waals surface area contributed by atoms with E-state index in [0.29, 0.717) is 11.5 Å². The summed E-state index contributed by atoms with van der Waals surface area (Å²) >= 11 is 3.41. The zero-order valence-electron chi connectivity index (χ0n) is 12.0. The monoisotopic (exact) mass is 327 g/mol. The molecule has 0 spiro atoms. The molecular weight excluding hydrogens is 305 g/mol. The number of benzene rings is 1. The van der Waals surface area contributed by atoms with Crippen molar-refractivity contribution < 1.29 is 4.39 Å². The predicted octanol–water partition coefficient (Wildman–Crippen LogP) is 5.21. The van der Waals surface area contributed by atoms with E-state index in [4.69, 9.17) is 0 Å². The summed E-state index contributed by atoms with van der Waals surface area (Å²) in [6.07, 6.45) is 4.93. The number of hydrogen-bond acceptors (Lipinski definition) is 1. The minimum Gasteiger partial charge on any atom is -0.307 e. The minimum atomic E-state index is -0.127. The Balaban J connectivity index is 2.04. The van der Waals surface area contributed by atoms with Crippen molar-refractivity contribution in [3.63, 3.8) is 0 Å². The van der Waals surface area contributed by atoms with Gasteiger partial charge in [-0.25, -0.2) is 4.39 Å². The molecule has 0 aromatic heterocycles. The molecule has 2 rings (SSSR count). The van der Waals surface area contributed by atoms with Crippen LogP contribution in [0.15, 0.2) is 22.7 Å². The molecule has 1 fully saturated rings. The molecule has 2 atom stereocenters. The second kappa shape index (κ2) is 5.92. The highest BCUT2D eigenvalue weighted by atomic mass is 79.9. The standard InChI is InChI=1S/C16H23BrFN/c1-11(14-9-12(17)6-7-15(14)18)19-13-5-4-8-16(2,3)10-13/h6-7,9,11,13,19H,4-5,8,10H2,1-3H3. The van der Waals surface area contributed by atoms with Gasteiger partial charge in [0.25, 0.3) is 0 Å². The third-order valence-corrected chi connectivity index (χ3v) is 4.61. The molecule has 0 heterocycles. The van der Waals surface area contributed by atoms with Gasteiger partial charge in [-0.05, 0) is 49.8 Å². The SMILES string of the molecule is CC(NC1CCCC(C)(C)C1)c1cc(Br)ccc1F. The summed E-state index contributed by atoms with van der Waals surface area (Å²) in [6, 6.07) is 5.70. The van der Waals surface area contributed by atoms with Crippen molar-refractivity contribution in [3.8, 4) is 0 Å². The summed E-state index contributed by atoms with van der Waals surface area (Å²) < 4.78 is 14.8. The van der Waals surface area contributed by atoms with Crippen molar-refractivity contribution in [1.29, 1.82) is 0 Å². The average molecular weight is 328 g/mol. The van der Waals surface area contributed by atoms with E-state index in [0.717, 1.165) is 10.0 Å². The Labute approximate surface area is 124 Å². The Bertz CT molecular complexity index is 444. The van der Waals surface area contributed by atoms with Crippen LogP contribution in [-0.2, 0) is 0 Å². The fraction of sp³-hybridized carbons (Fsp3) is 0.625. The molecule has 1 aliphatic carbocycles. The van der Waals surface area contributed by atoms with E-state index in [-0.39, 0.29) is 11.9 Å². The molecule has 106 valence electrons. The van der Waals surface area contributed by atoms with E-state index in [9.17, 15) is 4.39 Å². The number of halogens is 2. The summed E-state index contributed by atoms with van der Waals surface area (Å²) in [4.78, 5) is 0. The second-order valence-electron chi connectivity index (χ2n) is 6.51. The summed E-state index contributed by atoms with van der Waals surface area (Å²) in [5.41, 5.74) is 1.16. The lowest BCUT2D eigenvalue weighted by Crippen LogP contribution is -2.38. The van der Waals surface area contributed by atoms with Crippen LogP contribution in [0.3, 0.4) is 0 Å². The highest BCUT2D eigenvalue weighted by Gasteiger charge is 2.29. The van der Waals surface area contributed by atoms with E-state index in [1.165, 1.54) is 31.7 Å². The van der Waals surface area contributed by atoms with Crippen molar-refractivity contribution in [3.05, 3.63) is 34.1 Å². The first-order valence-corrected chi connectivity index (χ1v) is 7.88. The zero-order chi connectivity index (χ0) is 14.0. The lowest BCUT2D eigenvalue weighted by atomic mass is 9.75. The van der Waals surface area contributed by atoms with Gasteiger partial charge in [0.1, 0.15) is 5.82 Å². The van der Waals surface area contributed by atoms with Gasteiger partial charge in [-0.15, -0.1) is 0 Å². The third kappa shape index (κ3) is 4.03. The van der Waals surface area contributed by atoms with Crippen molar-refractivity contribution in [2.75, 3.05) is 0 Å². The first kappa shape index (κ1) is 15.0. The molecular formula is C16H23BrFN. The zero-order valence-corrected chi connectivity index (χ0v) is 13.6. The molecule has 0 saturated heterocycles. The van der Waals surface area contributed by atoms with Crippen LogP contribution >= 0.6 is 15.9 Å². The minimum absolute atomic E-state index is 0.0522. The Morgan fingerprint density at radius 1 is 1.42 bits per heavy atom. The maximum atomic E-state index is 13.9. The van der Waals surface area contributed by atoms with Gasteiger partial charge in [-0.3, -0.25) is 0 Å². The summed E-state index contributed by atoms with van der Waals surface area (Å²) in [5, 5.41) is 3.60. The molecule has 1 nitrogen and oxygen atoms in total. The van der Waals surface area contributed by atoms with Crippen LogP contribution in [0, 0.1) is 11.2 Å². The summed E-state index contributed by atoms with van der Waals surface area (Å²) in [7, 11) is 0. The van der Waals surface area contributed by atoms with Crippen molar-refractivity contribution in [2.45, 2.75) is 58.5 Å². The molecule has 1 saturated carbocycles. The van der Waals surface area contributed by atoms with Gasteiger partial charge in [0, 0.05) is 22.1 Å². The Kier molecular flexibility index (Phi) is 4.67. The van der Waals surface area contributed by atoms with E-state index < -0.39 is 0 Å². The molecule has 1 aromatic carbocycles. The molecule has 0 amide bonds. The Morgan fingerprint density at radius 2 is 2.16 bits per heavy atom. The molecule has 0 bridgehead atoms. The van der Waals surface area contributed by atoms with Crippen LogP contribution in [0.25, 0.3) is 0 Å². The molecule has 3 heteroatoms. The first-order chi connectivity index (χ1) is 8.87. The number of hydrogen-bond donors (Lipinski definition) is 1. The van der Waals surface area contributed by atoms with Gasteiger partial charge in [-0.1, -0.05) is 36.2 Å². The van der Waals surface area contributed by atoms with Gasteiger partial charge in [0.15, 0.2) is 0 Å². The predicted molar refractivity (Wildman–Crippen MR) is 81.7 cm³/mol. The van der Waals surface area contributed by atoms with Crippen molar-refractivity contribution in [1.82, 2.24) is 5.32 Å². The van der Waals surface area contributed by atoms with Gasteiger partial charge < -0.3 is 5.32 Å². The van der Waals surface area contributed by atoms with Crippen LogP contribution in [-0.4, -0.2) is 6.04 Å². The normalized spacial score (nSPS) is 24.2. The largest absolute Gasteiger partial charge is 0.307 e. The topological polar surface area (TPSA) is 12.0 Å². The summed E-state index contributed by atoms with van der Waals surface area (Å²) in [6.45, 7) is 6.70. The third-order valence-electron chi connectivity index (χ3n) is 4.12. The Hall–Kier alpha value is -0.410. The maximum absolute atomic E-state index is 13.9. The highest BCUT2D eigenvalue weighted by molar-refractivity contribution is 9.10. The highest BCUT2D eigenvalue weighted by Crippen LogP contribution is 2.36. The quantitative estimate of drug-likeness (QED) is 0.803.